The van der Waals surface area contributed by atoms with Crippen LogP contribution in [0.3, 0.4) is 0 Å². The number of carbonyl (C=O) groups is 2. The molecule has 0 aromatic heterocycles. The Morgan fingerprint density at radius 2 is 2.10 bits per heavy atom. The third-order valence-electron chi connectivity index (χ3n) is 3.30. The molecule has 1 aromatic rings. The van der Waals surface area contributed by atoms with Crippen LogP contribution in [0.5, 0.6) is 5.75 Å². The summed E-state index contributed by atoms with van der Waals surface area (Å²) >= 11 is 0. The van der Waals surface area contributed by atoms with E-state index in [1.807, 2.05) is 32.0 Å². The van der Waals surface area contributed by atoms with Gasteiger partial charge in [0.2, 0.25) is 5.91 Å². The summed E-state index contributed by atoms with van der Waals surface area (Å²) < 4.78 is 5.21. The highest BCUT2D eigenvalue weighted by Crippen LogP contribution is 2.22. The van der Waals surface area contributed by atoms with Crippen LogP contribution in [0.25, 0.3) is 0 Å². The molecule has 0 bridgehead atoms. The van der Waals surface area contributed by atoms with Gasteiger partial charge in [0.1, 0.15) is 5.75 Å². The predicted molar refractivity (Wildman–Crippen MR) is 81.1 cm³/mol. The Labute approximate surface area is 125 Å². The fourth-order valence-corrected chi connectivity index (χ4v) is 1.93. The van der Waals surface area contributed by atoms with Crippen molar-refractivity contribution in [3.05, 3.63) is 29.3 Å². The molecule has 1 atom stereocenters. The lowest BCUT2D eigenvalue weighted by Crippen LogP contribution is -2.40. The number of primary amides is 1. The standard InChI is InChI=1S/C15H23N3O3/c1-10-9-12(5-6-13(10)21-4)11(2)17-15(20)18(3)8-7-14(16)19/h5-6,9,11H,7-8H2,1-4H3,(H2,16,19)(H,17,20)/t11-/m0/s1. The van der Waals surface area contributed by atoms with Gasteiger partial charge in [-0.05, 0) is 31.0 Å². The zero-order valence-electron chi connectivity index (χ0n) is 13.0. The molecule has 0 aliphatic carbocycles. The molecule has 3 N–H and O–H groups in total. The van der Waals surface area contributed by atoms with Crippen LogP contribution in [0.15, 0.2) is 18.2 Å². The molecule has 1 aromatic carbocycles. The Morgan fingerprint density at radius 3 is 2.62 bits per heavy atom. The first-order chi connectivity index (χ1) is 9.85. The monoisotopic (exact) mass is 293 g/mol. The number of rotatable bonds is 6. The zero-order valence-corrected chi connectivity index (χ0v) is 13.0. The number of amides is 3. The quantitative estimate of drug-likeness (QED) is 0.835. The third kappa shape index (κ3) is 4.98. The van der Waals surface area contributed by atoms with E-state index < -0.39 is 5.91 Å². The first-order valence-electron chi connectivity index (χ1n) is 6.79. The number of carbonyl (C=O) groups excluding carboxylic acids is 2. The maximum Gasteiger partial charge on any atom is 0.317 e. The van der Waals surface area contributed by atoms with Gasteiger partial charge in [-0.1, -0.05) is 12.1 Å². The van der Waals surface area contributed by atoms with Gasteiger partial charge in [0.05, 0.1) is 13.2 Å². The van der Waals surface area contributed by atoms with Gasteiger partial charge in [0, 0.05) is 20.0 Å². The maximum absolute atomic E-state index is 12.0. The van der Waals surface area contributed by atoms with Crippen LogP contribution >= 0.6 is 0 Å². The minimum absolute atomic E-state index is 0.141. The van der Waals surface area contributed by atoms with Crippen molar-refractivity contribution in [1.29, 1.82) is 0 Å². The summed E-state index contributed by atoms with van der Waals surface area (Å²) in [6.07, 6.45) is 0.153. The van der Waals surface area contributed by atoms with E-state index in [-0.39, 0.29) is 18.5 Å². The van der Waals surface area contributed by atoms with Gasteiger partial charge in [-0.15, -0.1) is 0 Å². The second-order valence-electron chi connectivity index (χ2n) is 5.04. The maximum atomic E-state index is 12.0. The molecule has 0 spiro atoms. The molecule has 3 amide bonds. The Morgan fingerprint density at radius 1 is 1.43 bits per heavy atom. The number of benzene rings is 1. The van der Waals surface area contributed by atoms with Crippen LogP contribution in [0, 0.1) is 6.92 Å². The van der Waals surface area contributed by atoms with Gasteiger partial charge in [0.25, 0.3) is 0 Å². The van der Waals surface area contributed by atoms with Crippen molar-refractivity contribution in [2.75, 3.05) is 20.7 Å². The molecule has 0 fully saturated rings. The van der Waals surface area contributed by atoms with Gasteiger partial charge in [0.15, 0.2) is 0 Å². The average Bonchev–Trinajstić information content (AvgIpc) is 2.44. The van der Waals surface area contributed by atoms with Crippen LogP contribution in [0.2, 0.25) is 0 Å². The molecule has 0 saturated heterocycles. The van der Waals surface area contributed by atoms with Crippen molar-refractivity contribution in [2.45, 2.75) is 26.3 Å². The van der Waals surface area contributed by atoms with Gasteiger partial charge in [-0.3, -0.25) is 4.79 Å². The molecule has 0 radical (unpaired) electrons. The Bertz CT molecular complexity index is 517. The molecule has 6 heteroatoms. The van der Waals surface area contributed by atoms with Crippen molar-refractivity contribution in [1.82, 2.24) is 10.2 Å². The van der Waals surface area contributed by atoms with E-state index in [0.717, 1.165) is 16.9 Å². The van der Waals surface area contributed by atoms with Crippen molar-refractivity contribution in [3.63, 3.8) is 0 Å². The number of nitrogens with zero attached hydrogens (tertiary/aromatic N) is 1. The molecule has 21 heavy (non-hydrogen) atoms. The van der Waals surface area contributed by atoms with E-state index in [1.54, 1.807) is 14.2 Å². The van der Waals surface area contributed by atoms with Crippen LogP contribution in [0.1, 0.15) is 30.5 Å². The van der Waals surface area contributed by atoms with Gasteiger partial charge in [-0.2, -0.15) is 0 Å². The van der Waals surface area contributed by atoms with Crippen molar-refractivity contribution in [2.24, 2.45) is 5.73 Å². The van der Waals surface area contributed by atoms with E-state index in [0.29, 0.717) is 6.54 Å². The second kappa shape index (κ2) is 7.52. The summed E-state index contributed by atoms with van der Waals surface area (Å²) in [5.74, 6) is 0.393. The summed E-state index contributed by atoms with van der Waals surface area (Å²) in [6.45, 7) is 4.16. The van der Waals surface area contributed by atoms with Gasteiger partial charge < -0.3 is 20.7 Å². The fraction of sp³-hybridized carbons (Fsp3) is 0.467. The lowest BCUT2D eigenvalue weighted by Gasteiger charge is -2.21. The topological polar surface area (TPSA) is 84.7 Å². The molecule has 116 valence electrons. The molecule has 6 nitrogen and oxygen atoms in total. The Hall–Kier alpha value is -2.24. The van der Waals surface area contributed by atoms with Gasteiger partial charge >= 0.3 is 6.03 Å². The molecule has 0 aliphatic rings. The lowest BCUT2D eigenvalue weighted by atomic mass is 10.1. The number of ether oxygens (including phenoxy) is 1. The number of urea groups is 1. The fourth-order valence-electron chi connectivity index (χ4n) is 1.93. The highest BCUT2D eigenvalue weighted by molar-refractivity contribution is 5.77. The minimum Gasteiger partial charge on any atom is -0.496 e. The van der Waals surface area contributed by atoms with Crippen molar-refractivity contribution >= 4 is 11.9 Å². The largest absolute Gasteiger partial charge is 0.496 e. The number of hydrogen-bond donors (Lipinski definition) is 2. The van der Waals surface area contributed by atoms with Crippen molar-refractivity contribution in [3.8, 4) is 5.75 Å². The summed E-state index contributed by atoms with van der Waals surface area (Å²) in [7, 11) is 3.26. The highest BCUT2D eigenvalue weighted by atomic mass is 16.5. The van der Waals surface area contributed by atoms with Crippen LogP contribution < -0.4 is 15.8 Å². The van der Waals surface area contributed by atoms with Crippen LogP contribution in [-0.2, 0) is 4.79 Å². The Balaban J connectivity index is 2.63. The van der Waals surface area contributed by atoms with E-state index in [2.05, 4.69) is 5.32 Å². The Kier molecular flexibility index (Phi) is 6.02. The third-order valence-corrected chi connectivity index (χ3v) is 3.30. The average molecular weight is 293 g/mol. The lowest BCUT2D eigenvalue weighted by molar-refractivity contribution is -0.118. The molecule has 0 heterocycles. The van der Waals surface area contributed by atoms with E-state index in [1.165, 1.54) is 4.90 Å². The normalized spacial score (nSPS) is 11.6. The summed E-state index contributed by atoms with van der Waals surface area (Å²) in [4.78, 5) is 24.1. The van der Waals surface area contributed by atoms with Crippen LogP contribution in [-0.4, -0.2) is 37.5 Å². The predicted octanol–water partition coefficient (Wildman–Crippen LogP) is 1.58. The highest BCUT2D eigenvalue weighted by Gasteiger charge is 2.14. The molecule has 1 rings (SSSR count). The van der Waals surface area contributed by atoms with E-state index in [9.17, 15) is 9.59 Å². The van der Waals surface area contributed by atoms with E-state index in [4.69, 9.17) is 10.5 Å². The minimum atomic E-state index is -0.423. The number of aryl methyl sites for hydroxylation is 1. The molecule has 0 unspecified atom stereocenters. The first kappa shape index (κ1) is 16.8. The molecular formula is C15H23N3O3. The SMILES string of the molecule is COc1ccc([C@H](C)NC(=O)N(C)CCC(N)=O)cc1C. The summed E-state index contributed by atoms with van der Waals surface area (Å²) in [5.41, 5.74) is 7.07. The van der Waals surface area contributed by atoms with Crippen LogP contribution in [0.4, 0.5) is 4.79 Å². The second-order valence-corrected chi connectivity index (χ2v) is 5.04. The summed E-state index contributed by atoms with van der Waals surface area (Å²) in [6, 6.07) is 5.40. The summed E-state index contributed by atoms with van der Waals surface area (Å²) in [5, 5.41) is 2.88. The zero-order chi connectivity index (χ0) is 16.0. The number of nitrogens with one attached hydrogen (secondary N) is 1. The smallest absolute Gasteiger partial charge is 0.317 e. The first-order valence-corrected chi connectivity index (χ1v) is 6.79. The van der Waals surface area contributed by atoms with Gasteiger partial charge in [-0.25, -0.2) is 4.79 Å². The number of hydrogen-bond acceptors (Lipinski definition) is 3. The molecule has 0 saturated carbocycles. The molecular weight excluding hydrogens is 270 g/mol. The molecule has 0 aliphatic heterocycles. The van der Waals surface area contributed by atoms with E-state index >= 15 is 0 Å². The number of methoxy groups -OCH3 is 1. The number of nitrogens with two attached hydrogens (primary N) is 1. The van der Waals surface area contributed by atoms with Crippen molar-refractivity contribution < 1.29 is 14.3 Å².